The fourth-order valence-electron chi connectivity index (χ4n) is 3.94. The molecule has 3 rings (SSSR count). The van der Waals surface area contributed by atoms with E-state index in [1.165, 1.54) is 0 Å². The molecule has 1 aromatic carbocycles. The molecule has 0 unspecified atom stereocenters. The van der Waals surface area contributed by atoms with Gasteiger partial charge < -0.3 is 14.8 Å². The van der Waals surface area contributed by atoms with Crippen molar-refractivity contribution < 1.29 is 9.59 Å². The number of nitrogens with one attached hydrogen (secondary N) is 1. The molecule has 0 atom stereocenters. The molecule has 2 heterocycles. The van der Waals surface area contributed by atoms with E-state index in [9.17, 15) is 9.59 Å². The SMILES string of the molecule is CCCCN(C)C(=O)c1nc(C(=O)Nc2c(C)cccc2CC)n2c1CCCC2. The lowest BCUT2D eigenvalue weighted by atomic mass is 10.1. The fourth-order valence-corrected chi connectivity index (χ4v) is 3.94. The molecule has 2 aromatic rings. The molecule has 0 fully saturated rings. The van der Waals surface area contributed by atoms with E-state index in [0.29, 0.717) is 18.1 Å². The summed E-state index contributed by atoms with van der Waals surface area (Å²) in [4.78, 5) is 32.4. The monoisotopic (exact) mass is 396 g/mol. The first-order chi connectivity index (χ1) is 14.0. The molecule has 0 aliphatic carbocycles. The first-order valence-electron chi connectivity index (χ1n) is 10.7. The number of aromatic nitrogens is 2. The van der Waals surface area contributed by atoms with E-state index in [-0.39, 0.29) is 11.8 Å². The molecule has 6 nitrogen and oxygen atoms in total. The summed E-state index contributed by atoms with van der Waals surface area (Å²) in [5.74, 6) is 0.0120. The number of rotatable bonds is 7. The number of para-hydroxylation sites is 1. The molecule has 6 heteroatoms. The van der Waals surface area contributed by atoms with Gasteiger partial charge in [0.2, 0.25) is 0 Å². The third kappa shape index (κ3) is 4.36. The molecule has 0 saturated carbocycles. The van der Waals surface area contributed by atoms with E-state index in [4.69, 9.17) is 0 Å². The summed E-state index contributed by atoms with van der Waals surface area (Å²) in [5.41, 5.74) is 4.31. The van der Waals surface area contributed by atoms with Gasteiger partial charge in [-0.05, 0) is 50.2 Å². The number of nitrogens with zero attached hydrogens (tertiary/aromatic N) is 3. The topological polar surface area (TPSA) is 67.2 Å². The van der Waals surface area contributed by atoms with Gasteiger partial charge in [-0.15, -0.1) is 0 Å². The number of unbranched alkanes of at least 4 members (excludes halogenated alkanes) is 1. The van der Waals surface area contributed by atoms with Gasteiger partial charge in [-0.3, -0.25) is 9.59 Å². The van der Waals surface area contributed by atoms with E-state index >= 15 is 0 Å². The quantitative estimate of drug-likeness (QED) is 0.762. The van der Waals surface area contributed by atoms with Crippen molar-refractivity contribution in [3.8, 4) is 0 Å². The second kappa shape index (κ2) is 9.25. The zero-order valence-electron chi connectivity index (χ0n) is 18.0. The van der Waals surface area contributed by atoms with Gasteiger partial charge in [0.25, 0.3) is 11.8 Å². The first-order valence-corrected chi connectivity index (χ1v) is 10.7. The van der Waals surface area contributed by atoms with E-state index in [0.717, 1.165) is 67.6 Å². The molecular weight excluding hydrogens is 364 g/mol. The minimum absolute atomic E-state index is 0.0895. The Balaban J connectivity index is 1.93. The van der Waals surface area contributed by atoms with Gasteiger partial charge in [0.05, 0.1) is 5.69 Å². The van der Waals surface area contributed by atoms with Crippen LogP contribution in [-0.2, 0) is 19.4 Å². The number of carbonyl (C=O) groups is 2. The molecule has 1 aliphatic rings. The summed E-state index contributed by atoms with van der Waals surface area (Å²) in [6.07, 6.45) is 5.62. The summed E-state index contributed by atoms with van der Waals surface area (Å²) >= 11 is 0. The van der Waals surface area contributed by atoms with Crippen molar-refractivity contribution in [3.63, 3.8) is 0 Å². The zero-order valence-corrected chi connectivity index (χ0v) is 18.0. The predicted molar refractivity (Wildman–Crippen MR) is 116 cm³/mol. The van der Waals surface area contributed by atoms with Gasteiger partial charge in [-0.1, -0.05) is 38.5 Å². The van der Waals surface area contributed by atoms with Crippen LogP contribution in [0.5, 0.6) is 0 Å². The molecule has 156 valence electrons. The van der Waals surface area contributed by atoms with Crippen LogP contribution in [0.2, 0.25) is 0 Å². The van der Waals surface area contributed by atoms with Crippen LogP contribution in [0.25, 0.3) is 0 Å². The summed E-state index contributed by atoms with van der Waals surface area (Å²) in [6, 6.07) is 6.03. The second-order valence-corrected chi connectivity index (χ2v) is 7.84. The van der Waals surface area contributed by atoms with Crippen LogP contribution in [-0.4, -0.2) is 39.9 Å². The maximum atomic E-state index is 13.2. The van der Waals surface area contributed by atoms with Gasteiger partial charge in [0.15, 0.2) is 5.82 Å². The number of anilines is 1. The molecular formula is C23H32N4O2. The maximum absolute atomic E-state index is 13.2. The van der Waals surface area contributed by atoms with Crippen LogP contribution in [0.4, 0.5) is 5.69 Å². The van der Waals surface area contributed by atoms with Gasteiger partial charge in [0, 0.05) is 25.8 Å². The highest BCUT2D eigenvalue weighted by atomic mass is 16.2. The molecule has 1 N–H and O–H groups in total. The van der Waals surface area contributed by atoms with Crippen LogP contribution >= 0.6 is 0 Å². The van der Waals surface area contributed by atoms with Crippen LogP contribution in [0, 0.1) is 6.92 Å². The minimum Gasteiger partial charge on any atom is -0.340 e. The Morgan fingerprint density at radius 3 is 2.76 bits per heavy atom. The van der Waals surface area contributed by atoms with Gasteiger partial charge in [-0.25, -0.2) is 4.98 Å². The number of fused-ring (bicyclic) bond motifs is 1. The summed E-state index contributed by atoms with van der Waals surface area (Å²) in [5, 5.41) is 3.06. The van der Waals surface area contributed by atoms with Crippen molar-refractivity contribution in [3.05, 3.63) is 46.5 Å². The average molecular weight is 397 g/mol. The van der Waals surface area contributed by atoms with E-state index in [1.54, 1.807) is 4.90 Å². The Bertz CT molecular complexity index is 901. The number of hydrogen-bond donors (Lipinski definition) is 1. The zero-order chi connectivity index (χ0) is 21.0. The lowest BCUT2D eigenvalue weighted by Crippen LogP contribution is -2.29. The van der Waals surface area contributed by atoms with Crippen molar-refractivity contribution in [1.29, 1.82) is 0 Å². The predicted octanol–water partition coefficient (Wildman–Crippen LogP) is 4.21. The Labute approximate surface area is 173 Å². The van der Waals surface area contributed by atoms with Crippen molar-refractivity contribution in [1.82, 2.24) is 14.5 Å². The highest BCUT2D eigenvalue weighted by Crippen LogP contribution is 2.25. The molecule has 1 aromatic heterocycles. The molecule has 29 heavy (non-hydrogen) atoms. The average Bonchev–Trinajstić information content (AvgIpc) is 3.12. The minimum atomic E-state index is -0.243. The maximum Gasteiger partial charge on any atom is 0.291 e. The largest absolute Gasteiger partial charge is 0.340 e. The third-order valence-corrected chi connectivity index (χ3v) is 5.70. The summed E-state index contributed by atoms with van der Waals surface area (Å²) in [6.45, 7) is 7.60. The van der Waals surface area contributed by atoms with Crippen molar-refractivity contribution in [2.45, 2.75) is 65.8 Å². The van der Waals surface area contributed by atoms with Gasteiger partial charge in [-0.2, -0.15) is 0 Å². The molecule has 0 saturated heterocycles. The smallest absolute Gasteiger partial charge is 0.291 e. The molecule has 0 bridgehead atoms. The number of aryl methyl sites for hydroxylation is 2. The second-order valence-electron chi connectivity index (χ2n) is 7.84. The highest BCUT2D eigenvalue weighted by Gasteiger charge is 2.29. The Hall–Kier alpha value is -2.63. The Morgan fingerprint density at radius 2 is 2.03 bits per heavy atom. The fraction of sp³-hybridized carbons (Fsp3) is 0.522. The van der Waals surface area contributed by atoms with Crippen molar-refractivity contribution in [2.75, 3.05) is 18.9 Å². The van der Waals surface area contributed by atoms with Crippen LogP contribution in [0.3, 0.4) is 0 Å². The number of hydrogen-bond acceptors (Lipinski definition) is 3. The summed E-state index contributed by atoms with van der Waals surface area (Å²) in [7, 11) is 1.81. The number of imidazole rings is 1. The Kier molecular flexibility index (Phi) is 6.72. The van der Waals surface area contributed by atoms with Crippen molar-refractivity contribution >= 4 is 17.5 Å². The van der Waals surface area contributed by atoms with E-state index in [2.05, 4.69) is 24.1 Å². The molecule has 1 aliphatic heterocycles. The standard InChI is InChI=1S/C23H32N4O2/c1-5-7-14-26(4)23(29)20-18-13-8-9-15-27(18)21(24-20)22(28)25-19-16(3)11-10-12-17(19)6-2/h10-12H,5-9,13-15H2,1-4H3,(H,25,28). The molecule has 0 radical (unpaired) electrons. The van der Waals surface area contributed by atoms with E-state index < -0.39 is 0 Å². The first kappa shape index (κ1) is 21.1. The number of benzene rings is 1. The van der Waals surface area contributed by atoms with Gasteiger partial charge >= 0.3 is 0 Å². The van der Waals surface area contributed by atoms with Crippen LogP contribution < -0.4 is 5.32 Å². The normalized spacial score (nSPS) is 13.1. The third-order valence-electron chi connectivity index (χ3n) is 5.70. The number of amides is 2. The molecule has 2 amide bonds. The highest BCUT2D eigenvalue weighted by molar-refractivity contribution is 6.04. The van der Waals surface area contributed by atoms with E-state index in [1.807, 2.05) is 36.7 Å². The van der Waals surface area contributed by atoms with Crippen LogP contribution in [0.1, 0.15) is 77.5 Å². The lowest BCUT2D eigenvalue weighted by Gasteiger charge is -2.19. The van der Waals surface area contributed by atoms with Crippen molar-refractivity contribution in [2.24, 2.45) is 0 Å². The number of carbonyl (C=O) groups excluding carboxylic acids is 2. The lowest BCUT2D eigenvalue weighted by molar-refractivity contribution is 0.0786. The molecule has 0 spiro atoms. The van der Waals surface area contributed by atoms with Gasteiger partial charge in [0.1, 0.15) is 5.69 Å². The summed E-state index contributed by atoms with van der Waals surface area (Å²) < 4.78 is 1.95. The van der Waals surface area contributed by atoms with Crippen LogP contribution in [0.15, 0.2) is 18.2 Å². The Morgan fingerprint density at radius 1 is 1.24 bits per heavy atom.